The van der Waals surface area contributed by atoms with Crippen LogP contribution in [-0.2, 0) is 17.6 Å². The fourth-order valence-electron chi connectivity index (χ4n) is 1.67. The second kappa shape index (κ2) is 6.98. The Hall–Kier alpha value is -2.50. The fourth-order valence-corrected chi connectivity index (χ4v) is 1.67. The van der Waals surface area contributed by atoms with Gasteiger partial charge in [0.25, 0.3) is 0 Å². The van der Waals surface area contributed by atoms with Crippen LogP contribution in [0.15, 0.2) is 53.7 Å². The standard InChI is InChI=1S/C16H13F3NO2/c1-21-15-4-2-3-13(9-15)10-20-22-11-12-5-7-14(8-6-12)16(17,18)19/h2-9H,11H2,1H3. The van der Waals surface area contributed by atoms with E-state index >= 15 is 0 Å². The van der Waals surface area contributed by atoms with Crippen molar-refractivity contribution in [2.75, 3.05) is 7.11 Å². The van der Waals surface area contributed by atoms with Crippen LogP contribution in [0.3, 0.4) is 0 Å². The Morgan fingerprint density at radius 2 is 1.82 bits per heavy atom. The minimum Gasteiger partial charge on any atom is -0.497 e. The van der Waals surface area contributed by atoms with Crippen molar-refractivity contribution < 1.29 is 22.7 Å². The maximum atomic E-state index is 12.4. The van der Waals surface area contributed by atoms with Gasteiger partial charge in [0.05, 0.1) is 12.7 Å². The monoisotopic (exact) mass is 308 g/mol. The molecule has 0 atom stereocenters. The van der Waals surface area contributed by atoms with E-state index in [2.05, 4.69) is 11.4 Å². The molecular formula is C16H13F3NO2. The molecule has 2 aromatic carbocycles. The first kappa shape index (κ1) is 15.9. The molecule has 0 heterocycles. The van der Waals surface area contributed by atoms with Gasteiger partial charge in [0.1, 0.15) is 18.6 Å². The summed E-state index contributed by atoms with van der Waals surface area (Å²) in [6, 6.07) is 11.8. The van der Waals surface area contributed by atoms with E-state index in [9.17, 15) is 13.2 Å². The maximum Gasteiger partial charge on any atom is 0.416 e. The van der Waals surface area contributed by atoms with Crippen molar-refractivity contribution in [3.05, 3.63) is 65.2 Å². The molecule has 0 aliphatic heterocycles. The van der Waals surface area contributed by atoms with Crippen LogP contribution in [0.2, 0.25) is 0 Å². The summed E-state index contributed by atoms with van der Waals surface area (Å²) in [6.07, 6.45) is -1.67. The van der Waals surface area contributed by atoms with E-state index in [1.807, 2.05) is 0 Å². The minimum absolute atomic E-state index is 0.0646. The molecule has 0 unspecified atom stereocenters. The third-order valence-electron chi connectivity index (χ3n) is 2.82. The highest BCUT2D eigenvalue weighted by molar-refractivity contribution is 5.79. The summed E-state index contributed by atoms with van der Waals surface area (Å²) in [5.74, 6) is 0.669. The van der Waals surface area contributed by atoms with Crippen molar-refractivity contribution >= 4 is 6.21 Å². The topological polar surface area (TPSA) is 30.8 Å². The Morgan fingerprint density at radius 1 is 1.09 bits per heavy atom. The van der Waals surface area contributed by atoms with E-state index in [-0.39, 0.29) is 6.61 Å². The molecule has 115 valence electrons. The van der Waals surface area contributed by atoms with Crippen LogP contribution < -0.4 is 4.74 Å². The molecule has 0 spiro atoms. The molecule has 0 amide bonds. The highest BCUT2D eigenvalue weighted by Crippen LogP contribution is 2.29. The summed E-state index contributed by atoms with van der Waals surface area (Å²) in [5, 5.41) is 3.66. The smallest absolute Gasteiger partial charge is 0.416 e. The number of rotatable bonds is 5. The molecule has 0 fully saturated rings. The van der Waals surface area contributed by atoms with E-state index in [1.54, 1.807) is 31.4 Å². The number of methoxy groups -OCH3 is 1. The van der Waals surface area contributed by atoms with Crippen molar-refractivity contribution in [1.29, 1.82) is 0 Å². The second-order valence-electron chi connectivity index (χ2n) is 4.40. The second-order valence-corrected chi connectivity index (χ2v) is 4.40. The lowest BCUT2D eigenvalue weighted by atomic mass is 10.1. The summed E-state index contributed by atoms with van der Waals surface area (Å²) in [5.41, 5.74) is 0.568. The van der Waals surface area contributed by atoms with Crippen molar-refractivity contribution in [3.63, 3.8) is 0 Å². The first-order valence-electron chi connectivity index (χ1n) is 6.37. The van der Waals surface area contributed by atoms with Gasteiger partial charge in [-0.3, -0.25) is 0 Å². The Balaban J connectivity index is 1.89. The molecule has 0 aliphatic rings. The Kier molecular flexibility index (Phi) is 5.04. The molecule has 0 saturated carbocycles. The highest BCUT2D eigenvalue weighted by atomic mass is 19.4. The first-order valence-corrected chi connectivity index (χ1v) is 6.37. The van der Waals surface area contributed by atoms with Crippen LogP contribution in [-0.4, -0.2) is 13.3 Å². The molecule has 1 radical (unpaired) electrons. The predicted molar refractivity (Wildman–Crippen MR) is 75.8 cm³/mol. The van der Waals surface area contributed by atoms with Crippen LogP contribution in [0.5, 0.6) is 5.75 Å². The molecule has 2 aromatic rings. The summed E-state index contributed by atoms with van der Waals surface area (Å²) < 4.78 is 42.3. The normalized spacial score (nSPS) is 11.6. The van der Waals surface area contributed by atoms with Crippen molar-refractivity contribution in [2.45, 2.75) is 12.8 Å². The van der Waals surface area contributed by atoms with Crippen LogP contribution in [0.1, 0.15) is 16.7 Å². The average Bonchev–Trinajstić information content (AvgIpc) is 2.51. The first-order chi connectivity index (χ1) is 10.5. The summed E-state index contributed by atoms with van der Waals surface area (Å²) in [7, 11) is 1.55. The van der Waals surface area contributed by atoms with Gasteiger partial charge in [0.15, 0.2) is 0 Å². The zero-order valence-electron chi connectivity index (χ0n) is 11.7. The molecule has 0 saturated heterocycles. The van der Waals surface area contributed by atoms with Gasteiger partial charge < -0.3 is 9.57 Å². The van der Waals surface area contributed by atoms with Gasteiger partial charge in [-0.05, 0) is 29.8 Å². The Labute approximate surface area is 126 Å². The van der Waals surface area contributed by atoms with Gasteiger partial charge in [0, 0.05) is 5.56 Å². The van der Waals surface area contributed by atoms with Gasteiger partial charge >= 0.3 is 6.18 Å². The lowest BCUT2D eigenvalue weighted by Crippen LogP contribution is -2.04. The number of hydrogen-bond acceptors (Lipinski definition) is 3. The summed E-state index contributed by atoms with van der Waals surface area (Å²) in [6.45, 7) is 0.0646. The SMILES string of the molecule is COc1cccc(/[C]=N\OCc2ccc(C(F)(F)F)cc2)c1. The molecule has 22 heavy (non-hydrogen) atoms. The third kappa shape index (κ3) is 4.51. The third-order valence-corrected chi connectivity index (χ3v) is 2.82. The molecule has 0 aromatic heterocycles. The number of nitrogens with zero attached hydrogens (tertiary/aromatic N) is 1. The number of alkyl halides is 3. The largest absolute Gasteiger partial charge is 0.497 e. The molecule has 0 N–H and O–H groups in total. The lowest BCUT2D eigenvalue weighted by Gasteiger charge is -2.06. The quantitative estimate of drug-likeness (QED) is 0.614. The van der Waals surface area contributed by atoms with Crippen LogP contribution in [0, 0.1) is 0 Å². The van der Waals surface area contributed by atoms with E-state index in [0.29, 0.717) is 16.9 Å². The van der Waals surface area contributed by atoms with Gasteiger partial charge in [0.2, 0.25) is 0 Å². The number of hydrogen-bond donors (Lipinski definition) is 0. The van der Waals surface area contributed by atoms with E-state index in [1.165, 1.54) is 12.1 Å². The molecule has 0 bridgehead atoms. The van der Waals surface area contributed by atoms with Crippen molar-refractivity contribution in [3.8, 4) is 5.75 Å². The van der Waals surface area contributed by atoms with Crippen LogP contribution >= 0.6 is 0 Å². The molecule has 2 rings (SSSR count). The van der Waals surface area contributed by atoms with Crippen LogP contribution in [0.4, 0.5) is 13.2 Å². The maximum absolute atomic E-state index is 12.4. The number of benzene rings is 2. The molecule has 6 heteroatoms. The molecule has 0 aliphatic carbocycles. The highest BCUT2D eigenvalue weighted by Gasteiger charge is 2.29. The van der Waals surface area contributed by atoms with E-state index in [0.717, 1.165) is 12.1 Å². The summed E-state index contributed by atoms with van der Waals surface area (Å²) >= 11 is 0. The zero-order chi connectivity index (χ0) is 16.0. The van der Waals surface area contributed by atoms with Gasteiger partial charge in [-0.15, -0.1) is 0 Å². The Bertz CT molecular complexity index is 637. The van der Waals surface area contributed by atoms with Crippen molar-refractivity contribution in [2.24, 2.45) is 5.16 Å². The minimum atomic E-state index is -4.34. The fraction of sp³-hybridized carbons (Fsp3) is 0.188. The van der Waals surface area contributed by atoms with Gasteiger partial charge in [-0.1, -0.05) is 29.4 Å². The van der Waals surface area contributed by atoms with E-state index < -0.39 is 11.7 Å². The van der Waals surface area contributed by atoms with Crippen LogP contribution in [0.25, 0.3) is 0 Å². The van der Waals surface area contributed by atoms with Gasteiger partial charge in [-0.25, -0.2) is 0 Å². The summed E-state index contributed by atoms with van der Waals surface area (Å²) in [4.78, 5) is 5.01. The Morgan fingerprint density at radius 3 is 2.45 bits per heavy atom. The molecular weight excluding hydrogens is 295 g/mol. The molecule has 3 nitrogen and oxygen atoms in total. The van der Waals surface area contributed by atoms with Gasteiger partial charge in [-0.2, -0.15) is 13.2 Å². The van der Waals surface area contributed by atoms with E-state index in [4.69, 9.17) is 9.57 Å². The number of ether oxygens (including phenoxy) is 1. The number of halogens is 3. The van der Waals surface area contributed by atoms with Crippen molar-refractivity contribution in [1.82, 2.24) is 0 Å². The lowest BCUT2D eigenvalue weighted by molar-refractivity contribution is -0.137. The zero-order valence-corrected chi connectivity index (χ0v) is 11.7. The predicted octanol–water partition coefficient (Wildman–Crippen LogP) is 4.14. The average molecular weight is 308 g/mol.